The molecule has 14 heteroatoms. The van der Waals surface area contributed by atoms with Crippen molar-refractivity contribution < 1.29 is 32.5 Å². The lowest BCUT2D eigenvalue weighted by molar-refractivity contribution is -0.120. The minimum Gasteiger partial charge on any atom is -0.494 e. The predicted octanol–water partition coefficient (Wildman–Crippen LogP) is 1.29. The third-order valence-electron chi connectivity index (χ3n) is 5.46. The molecule has 2 heterocycles. The summed E-state index contributed by atoms with van der Waals surface area (Å²) in [6, 6.07) is 6.28. The Labute approximate surface area is 222 Å². The van der Waals surface area contributed by atoms with Crippen molar-refractivity contribution in [3.05, 3.63) is 35.8 Å². The fourth-order valence-corrected chi connectivity index (χ4v) is 3.45. The van der Waals surface area contributed by atoms with Gasteiger partial charge in [-0.05, 0) is 25.0 Å². The minimum absolute atomic E-state index is 0.0437. The van der Waals surface area contributed by atoms with Gasteiger partial charge in [0, 0.05) is 36.7 Å². The molecule has 4 rings (SSSR count). The number of hydrogen-bond donors (Lipinski definition) is 4. The molecule has 0 radical (unpaired) electrons. The van der Waals surface area contributed by atoms with E-state index in [0.717, 1.165) is 12.8 Å². The average Bonchev–Trinajstić information content (AvgIpc) is 3.67. The highest BCUT2D eigenvalue weighted by Gasteiger charge is 2.30. The highest BCUT2D eigenvalue weighted by atomic mass is 16.5. The minimum atomic E-state index is -2.77. The lowest BCUT2D eigenvalue weighted by atomic mass is 10.1. The maximum absolute atomic E-state index is 12.7. The largest absolute Gasteiger partial charge is 0.494 e. The number of benzene rings is 1. The van der Waals surface area contributed by atoms with E-state index in [4.69, 9.17) is 18.1 Å². The van der Waals surface area contributed by atoms with Crippen LogP contribution in [0.25, 0.3) is 11.5 Å². The summed E-state index contributed by atoms with van der Waals surface area (Å²) >= 11 is 0. The normalized spacial score (nSPS) is 14.0. The number of hydrogen-bond acceptors (Lipinski definition) is 11. The van der Waals surface area contributed by atoms with Crippen LogP contribution in [0.4, 0.5) is 17.2 Å². The van der Waals surface area contributed by atoms with E-state index in [1.54, 1.807) is 18.2 Å². The Morgan fingerprint density at radius 3 is 2.76 bits per heavy atom. The van der Waals surface area contributed by atoms with Gasteiger partial charge in [0.2, 0.25) is 11.8 Å². The molecule has 1 aliphatic rings. The molecule has 0 bridgehead atoms. The number of aromatic nitrogens is 4. The van der Waals surface area contributed by atoms with Crippen LogP contribution in [0, 0.1) is 5.92 Å². The average molecular weight is 528 g/mol. The predicted molar refractivity (Wildman–Crippen MR) is 135 cm³/mol. The van der Waals surface area contributed by atoms with Crippen LogP contribution in [0.2, 0.25) is 0 Å². The van der Waals surface area contributed by atoms with Gasteiger partial charge in [-0.2, -0.15) is 4.98 Å². The summed E-state index contributed by atoms with van der Waals surface area (Å²) in [5.74, 6) is -1.16. The van der Waals surface area contributed by atoms with Crippen molar-refractivity contribution in [2.24, 2.45) is 5.92 Å². The van der Waals surface area contributed by atoms with Gasteiger partial charge in [0.15, 0.2) is 23.1 Å². The van der Waals surface area contributed by atoms with E-state index in [1.807, 2.05) is 5.32 Å². The number of amides is 3. The lowest BCUT2D eigenvalue weighted by Gasteiger charge is -2.15. The molecular formula is C24H28N8O6. The van der Waals surface area contributed by atoms with Gasteiger partial charge in [-0.15, -0.1) is 10.2 Å². The second kappa shape index (κ2) is 12.1. The third kappa shape index (κ3) is 6.39. The molecular weight excluding hydrogens is 496 g/mol. The smallest absolute Gasteiger partial charge is 0.273 e. The standard InChI is InChI=1S/C24H28N8O6/c1-25-23(35)20-16(11-17(30-31-20)28-22(34)13-7-8-13)27-15-6-4-5-14(21(15)37-3)24-29-18(32-38-24)12-19(33)26-9-10-36-2/h4-6,11,13H,7-10,12H2,1-3H3,(H,25,35)(H,26,33)(H2,27,28,30,34)/i1D3. The van der Waals surface area contributed by atoms with Gasteiger partial charge >= 0.3 is 0 Å². The van der Waals surface area contributed by atoms with E-state index in [1.165, 1.54) is 20.3 Å². The molecule has 200 valence electrons. The summed E-state index contributed by atoms with van der Waals surface area (Å²) in [5, 5.41) is 21.8. The van der Waals surface area contributed by atoms with Crippen LogP contribution < -0.4 is 26.0 Å². The van der Waals surface area contributed by atoms with E-state index in [0.29, 0.717) is 24.4 Å². The maximum Gasteiger partial charge on any atom is 0.273 e. The highest BCUT2D eigenvalue weighted by molar-refractivity contribution is 6.00. The molecule has 0 aliphatic heterocycles. The first-order valence-electron chi connectivity index (χ1n) is 13.1. The van der Waals surface area contributed by atoms with Gasteiger partial charge < -0.3 is 35.3 Å². The van der Waals surface area contributed by atoms with Crippen molar-refractivity contribution in [2.75, 3.05) is 45.0 Å². The van der Waals surface area contributed by atoms with Gasteiger partial charge in [-0.1, -0.05) is 11.2 Å². The first-order chi connectivity index (χ1) is 19.6. The van der Waals surface area contributed by atoms with Crippen molar-refractivity contribution >= 4 is 34.9 Å². The number of anilines is 3. The zero-order chi connectivity index (χ0) is 29.6. The number of methoxy groups -OCH3 is 2. The fraction of sp³-hybridized carbons (Fsp3) is 0.375. The Morgan fingerprint density at radius 1 is 1.18 bits per heavy atom. The second-order valence-corrected chi connectivity index (χ2v) is 8.26. The molecule has 1 saturated carbocycles. The summed E-state index contributed by atoms with van der Waals surface area (Å²) in [6.45, 7) is -2.08. The summed E-state index contributed by atoms with van der Waals surface area (Å²) in [6.07, 6.45) is 1.42. The second-order valence-electron chi connectivity index (χ2n) is 8.26. The van der Waals surface area contributed by atoms with Gasteiger partial charge in [0.05, 0.1) is 37.1 Å². The molecule has 38 heavy (non-hydrogen) atoms. The molecule has 14 nitrogen and oxygen atoms in total. The van der Waals surface area contributed by atoms with Crippen LogP contribution in [0.1, 0.15) is 33.3 Å². The zero-order valence-electron chi connectivity index (χ0n) is 23.7. The van der Waals surface area contributed by atoms with Crippen LogP contribution >= 0.6 is 0 Å². The van der Waals surface area contributed by atoms with Gasteiger partial charge in [0.1, 0.15) is 0 Å². The van der Waals surface area contributed by atoms with Crippen molar-refractivity contribution in [3.63, 3.8) is 0 Å². The van der Waals surface area contributed by atoms with Crippen LogP contribution in [-0.4, -0.2) is 72.4 Å². The van der Waals surface area contributed by atoms with Crippen molar-refractivity contribution in [3.8, 4) is 17.2 Å². The monoisotopic (exact) mass is 527 g/mol. The van der Waals surface area contributed by atoms with Crippen LogP contribution in [0.3, 0.4) is 0 Å². The number of nitrogens with one attached hydrogen (secondary N) is 4. The SMILES string of the molecule is [2H]C([2H])([2H])NC(=O)c1nnc(NC(=O)C2CC2)cc1Nc1cccc(-c2nc(CC(=O)NCCOC)no2)c1OC. The Kier molecular flexibility index (Phi) is 7.19. The van der Waals surface area contributed by atoms with Crippen LogP contribution in [0.15, 0.2) is 28.8 Å². The van der Waals surface area contributed by atoms with Crippen molar-refractivity contribution in [1.29, 1.82) is 0 Å². The number of carbonyl (C=O) groups excluding carboxylic acids is 3. The Morgan fingerprint density at radius 2 is 2.03 bits per heavy atom. The summed E-state index contributed by atoms with van der Waals surface area (Å²) < 4.78 is 38.0. The van der Waals surface area contributed by atoms with E-state index in [9.17, 15) is 14.4 Å². The molecule has 0 atom stereocenters. The Bertz CT molecular complexity index is 1430. The summed E-state index contributed by atoms with van der Waals surface area (Å²) in [7, 11) is 2.93. The first-order valence-corrected chi connectivity index (χ1v) is 11.6. The topological polar surface area (TPSA) is 182 Å². The molecule has 1 fully saturated rings. The molecule has 0 spiro atoms. The third-order valence-corrected chi connectivity index (χ3v) is 5.46. The number of nitrogens with zero attached hydrogens (tertiary/aromatic N) is 4. The first kappa shape index (κ1) is 22.6. The molecule has 0 unspecified atom stereocenters. The molecule has 3 amide bonds. The maximum atomic E-state index is 12.7. The summed E-state index contributed by atoms with van der Waals surface area (Å²) in [5.41, 5.74) is 0.395. The quantitative estimate of drug-likeness (QED) is 0.249. The van der Waals surface area contributed by atoms with Gasteiger partial charge in [0.25, 0.3) is 11.8 Å². The van der Waals surface area contributed by atoms with E-state index in [2.05, 4.69) is 36.3 Å². The van der Waals surface area contributed by atoms with E-state index < -0.39 is 12.9 Å². The van der Waals surface area contributed by atoms with E-state index >= 15 is 0 Å². The molecule has 0 saturated heterocycles. The Hall–Kier alpha value is -4.59. The van der Waals surface area contributed by atoms with E-state index in [-0.39, 0.29) is 58.8 Å². The zero-order valence-corrected chi connectivity index (χ0v) is 20.7. The lowest BCUT2D eigenvalue weighted by Crippen LogP contribution is -2.28. The van der Waals surface area contributed by atoms with Crippen molar-refractivity contribution in [2.45, 2.75) is 19.3 Å². The molecule has 1 aliphatic carbocycles. The Balaban J connectivity index is 1.62. The van der Waals surface area contributed by atoms with Crippen LogP contribution in [-0.2, 0) is 20.7 Å². The number of rotatable bonds is 12. The van der Waals surface area contributed by atoms with Crippen LogP contribution in [0.5, 0.6) is 5.75 Å². The molecule has 4 N–H and O–H groups in total. The molecule has 2 aromatic heterocycles. The van der Waals surface area contributed by atoms with Gasteiger partial charge in [-0.25, -0.2) is 0 Å². The molecule has 1 aromatic carbocycles. The number of ether oxygens (including phenoxy) is 2. The van der Waals surface area contributed by atoms with Gasteiger partial charge in [-0.3, -0.25) is 14.4 Å². The van der Waals surface area contributed by atoms with Crippen molar-refractivity contribution in [1.82, 2.24) is 31.0 Å². The summed E-state index contributed by atoms with van der Waals surface area (Å²) in [4.78, 5) is 41.4. The number of para-hydroxylation sites is 1. The fourth-order valence-electron chi connectivity index (χ4n) is 3.45. The highest BCUT2D eigenvalue weighted by Crippen LogP contribution is 2.38. The number of carbonyl (C=O) groups is 3. The molecule has 3 aromatic rings.